The molecule has 1 atom stereocenters. The summed E-state index contributed by atoms with van der Waals surface area (Å²) < 4.78 is 0. The molecule has 0 aromatic heterocycles. The maximum absolute atomic E-state index is 12.2. The lowest BCUT2D eigenvalue weighted by Crippen LogP contribution is -2.30. The molecule has 0 aliphatic carbocycles. The first-order valence-electron chi connectivity index (χ1n) is 6.41. The first kappa shape index (κ1) is 14.7. The second kappa shape index (κ2) is 6.01. The van der Waals surface area contributed by atoms with E-state index in [9.17, 15) is 4.79 Å². The number of amides is 1. The molecular weight excluding hydrogens is 224 g/mol. The van der Waals surface area contributed by atoms with E-state index in [-0.39, 0.29) is 11.8 Å². The highest BCUT2D eigenvalue weighted by atomic mass is 16.2. The number of carbonyl (C=O) groups excluding carboxylic acids is 1. The maximum Gasteiger partial charge on any atom is 0.227 e. The third-order valence-corrected chi connectivity index (χ3v) is 3.27. The van der Waals surface area contributed by atoms with Crippen molar-refractivity contribution in [3.8, 4) is 0 Å². The number of anilines is 1. The molecule has 0 spiro atoms. The van der Waals surface area contributed by atoms with E-state index in [2.05, 4.69) is 19.1 Å². The molecule has 0 bridgehead atoms. The Labute approximate surface area is 110 Å². The fourth-order valence-electron chi connectivity index (χ4n) is 2.34. The normalized spacial score (nSPS) is 12.3. The van der Waals surface area contributed by atoms with Crippen molar-refractivity contribution >= 4 is 11.6 Å². The van der Waals surface area contributed by atoms with Gasteiger partial charge < -0.3 is 10.6 Å². The van der Waals surface area contributed by atoms with E-state index in [1.807, 2.05) is 27.8 Å². The van der Waals surface area contributed by atoms with Crippen molar-refractivity contribution in [1.82, 2.24) is 0 Å². The Morgan fingerprint density at radius 3 is 2.22 bits per heavy atom. The molecule has 0 saturated carbocycles. The summed E-state index contributed by atoms with van der Waals surface area (Å²) >= 11 is 0. The molecule has 2 N–H and O–H groups in total. The van der Waals surface area contributed by atoms with E-state index in [0.29, 0.717) is 13.0 Å². The number of hydrogen-bond donors (Lipinski definition) is 1. The van der Waals surface area contributed by atoms with Crippen LogP contribution in [0.2, 0.25) is 0 Å². The zero-order chi connectivity index (χ0) is 13.9. The summed E-state index contributed by atoms with van der Waals surface area (Å²) in [6, 6.07) is 4.22. The van der Waals surface area contributed by atoms with Gasteiger partial charge in [-0.2, -0.15) is 0 Å². The molecule has 1 aromatic carbocycles. The Bertz CT molecular complexity index is 417. The van der Waals surface area contributed by atoms with E-state index >= 15 is 0 Å². The van der Waals surface area contributed by atoms with Gasteiger partial charge >= 0.3 is 0 Å². The highest BCUT2D eigenvalue weighted by Crippen LogP contribution is 2.26. The van der Waals surface area contributed by atoms with Crippen molar-refractivity contribution in [3.63, 3.8) is 0 Å². The highest BCUT2D eigenvalue weighted by Gasteiger charge is 2.17. The van der Waals surface area contributed by atoms with Crippen LogP contribution >= 0.6 is 0 Å². The summed E-state index contributed by atoms with van der Waals surface area (Å²) in [6.45, 7) is 8.71. The van der Waals surface area contributed by atoms with E-state index < -0.39 is 0 Å². The van der Waals surface area contributed by atoms with Crippen molar-refractivity contribution in [2.45, 2.75) is 34.1 Å². The molecular formula is C15H24N2O. The number of hydrogen-bond acceptors (Lipinski definition) is 2. The minimum absolute atomic E-state index is 0.128. The molecule has 3 heteroatoms. The average molecular weight is 248 g/mol. The molecule has 0 fully saturated rings. The zero-order valence-corrected chi connectivity index (χ0v) is 12.1. The molecule has 0 aliphatic rings. The Kier molecular flexibility index (Phi) is 4.91. The summed E-state index contributed by atoms with van der Waals surface area (Å²) in [4.78, 5) is 13.9. The average Bonchev–Trinajstić information content (AvgIpc) is 2.27. The number of nitrogens with two attached hydrogens (primary N) is 1. The summed E-state index contributed by atoms with van der Waals surface area (Å²) in [5.74, 6) is 0.356. The topological polar surface area (TPSA) is 46.3 Å². The van der Waals surface area contributed by atoms with Crippen LogP contribution in [-0.4, -0.2) is 19.5 Å². The Hall–Kier alpha value is -1.35. The van der Waals surface area contributed by atoms with Crippen molar-refractivity contribution in [2.24, 2.45) is 11.7 Å². The standard InChI is InChI=1S/C15H24N2O/c1-10-6-12(3)15(13(4)7-10)17(5)14(18)8-11(2)9-16/h6-7,11H,8-9,16H2,1-5H3. The molecule has 1 amide bonds. The Balaban J connectivity index is 2.97. The van der Waals surface area contributed by atoms with Crippen molar-refractivity contribution < 1.29 is 4.79 Å². The number of nitrogens with zero attached hydrogens (tertiary/aromatic N) is 1. The van der Waals surface area contributed by atoms with E-state index in [1.165, 1.54) is 5.56 Å². The zero-order valence-electron chi connectivity index (χ0n) is 12.1. The number of aryl methyl sites for hydroxylation is 3. The van der Waals surface area contributed by atoms with Crippen LogP contribution in [0.25, 0.3) is 0 Å². The van der Waals surface area contributed by atoms with Crippen LogP contribution in [0, 0.1) is 26.7 Å². The van der Waals surface area contributed by atoms with Crippen LogP contribution in [0.1, 0.15) is 30.0 Å². The molecule has 3 nitrogen and oxygen atoms in total. The van der Waals surface area contributed by atoms with Gasteiger partial charge in [-0.1, -0.05) is 24.6 Å². The third-order valence-electron chi connectivity index (χ3n) is 3.27. The Morgan fingerprint density at radius 1 is 1.28 bits per heavy atom. The molecule has 18 heavy (non-hydrogen) atoms. The first-order chi connectivity index (χ1) is 8.36. The van der Waals surface area contributed by atoms with Gasteiger partial charge in [0.05, 0.1) is 0 Å². The van der Waals surface area contributed by atoms with E-state index in [1.54, 1.807) is 4.90 Å². The monoisotopic (exact) mass is 248 g/mol. The lowest BCUT2D eigenvalue weighted by Gasteiger charge is -2.23. The maximum atomic E-state index is 12.2. The molecule has 1 aromatic rings. The number of rotatable bonds is 4. The molecule has 100 valence electrons. The van der Waals surface area contributed by atoms with E-state index in [0.717, 1.165) is 16.8 Å². The summed E-state index contributed by atoms with van der Waals surface area (Å²) in [6.07, 6.45) is 0.500. The van der Waals surface area contributed by atoms with Crippen molar-refractivity contribution in [3.05, 3.63) is 28.8 Å². The van der Waals surface area contributed by atoms with Crippen LogP contribution in [0.4, 0.5) is 5.69 Å². The molecule has 1 unspecified atom stereocenters. The third kappa shape index (κ3) is 3.33. The van der Waals surface area contributed by atoms with Crippen LogP contribution < -0.4 is 10.6 Å². The molecule has 0 aliphatic heterocycles. The molecule has 0 radical (unpaired) electrons. The van der Waals surface area contributed by atoms with Gasteiger partial charge in [-0.05, 0) is 44.4 Å². The minimum atomic E-state index is 0.128. The number of benzene rings is 1. The van der Waals surface area contributed by atoms with Gasteiger partial charge in [-0.15, -0.1) is 0 Å². The fraction of sp³-hybridized carbons (Fsp3) is 0.533. The van der Waals surface area contributed by atoms with Crippen LogP contribution in [0.3, 0.4) is 0 Å². The fourth-order valence-corrected chi connectivity index (χ4v) is 2.34. The summed E-state index contributed by atoms with van der Waals surface area (Å²) in [7, 11) is 1.84. The van der Waals surface area contributed by atoms with Gasteiger partial charge in [0.25, 0.3) is 0 Å². The highest BCUT2D eigenvalue weighted by molar-refractivity contribution is 5.94. The van der Waals surface area contributed by atoms with Crippen molar-refractivity contribution in [1.29, 1.82) is 0 Å². The second-order valence-electron chi connectivity index (χ2n) is 5.25. The smallest absolute Gasteiger partial charge is 0.227 e. The SMILES string of the molecule is Cc1cc(C)c(N(C)C(=O)CC(C)CN)c(C)c1. The van der Waals surface area contributed by atoms with E-state index in [4.69, 9.17) is 5.73 Å². The second-order valence-corrected chi connectivity index (χ2v) is 5.25. The van der Waals surface area contributed by atoms with Gasteiger partial charge in [-0.3, -0.25) is 4.79 Å². The summed E-state index contributed by atoms with van der Waals surface area (Å²) in [5.41, 5.74) is 10.1. The molecule has 0 heterocycles. The lowest BCUT2D eigenvalue weighted by molar-refractivity contribution is -0.119. The molecule has 1 rings (SSSR count). The largest absolute Gasteiger partial charge is 0.330 e. The van der Waals surface area contributed by atoms with Gasteiger partial charge in [-0.25, -0.2) is 0 Å². The molecule has 0 saturated heterocycles. The van der Waals surface area contributed by atoms with Crippen LogP contribution in [0.5, 0.6) is 0 Å². The van der Waals surface area contributed by atoms with Gasteiger partial charge in [0, 0.05) is 19.2 Å². The lowest BCUT2D eigenvalue weighted by atomic mass is 10.0. The van der Waals surface area contributed by atoms with Gasteiger partial charge in [0.2, 0.25) is 5.91 Å². The van der Waals surface area contributed by atoms with Crippen LogP contribution in [-0.2, 0) is 4.79 Å². The van der Waals surface area contributed by atoms with Gasteiger partial charge in [0.1, 0.15) is 0 Å². The predicted octanol–water partition coefficient (Wildman–Crippen LogP) is 2.56. The Morgan fingerprint density at radius 2 is 1.78 bits per heavy atom. The van der Waals surface area contributed by atoms with Crippen molar-refractivity contribution in [2.75, 3.05) is 18.5 Å². The number of carbonyl (C=O) groups is 1. The quantitative estimate of drug-likeness (QED) is 0.890. The van der Waals surface area contributed by atoms with Gasteiger partial charge in [0.15, 0.2) is 0 Å². The van der Waals surface area contributed by atoms with Crippen LogP contribution in [0.15, 0.2) is 12.1 Å². The predicted molar refractivity (Wildman–Crippen MR) is 76.9 cm³/mol. The first-order valence-corrected chi connectivity index (χ1v) is 6.41. The summed E-state index contributed by atoms with van der Waals surface area (Å²) in [5, 5.41) is 0. The minimum Gasteiger partial charge on any atom is -0.330 e.